The fourth-order valence-corrected chi connectivity index (χ4v) is 2.69. The molecule has 1 amide bonds. The largest absolute Gasteiger partial charge is 0.337 e. The van der Waals surface area contributed by atoms with Gasteiger partial charge in [0.1, 0.15) is 5.69 Å². The zero-order chi connectivity index (χ0) is 11.8. The number of aryl methyl sites for hydroxylation is 1. The van der Waals surface area contributed by atoms with Crippen LogP contribution in [0.4, 0.5) is 0 Å². The number of carbonyl (C=O) groups is 1. The summed E-state index contributed by atoms with van der Waals surface area (Å²) in [5, 5.41) is 3.37. The van der Waals surface area contributed by atoms with E-state index in [1.165, 1.54) is 0 Å². The van der Waals surface area contributed by atoms with Crippen molar-refractivity contribution in [2.24, 2.45) is 11.8 Å². The molecule has 3 heterocycles. The van der Waals surface area contributed by atoms with E-state index in [0.717, 1.165) is 31.9 Å². The van der Waals surface area contributed by atoms with Gasteiger partial charge in [-0.15, -0.1) is 0 Å². The van der Waals surface area contributed by atoms with Crippen LogP contribution in [0.1, 0.15) is 16.2 Å². The molecule has 2 atom stereocenters. The first kappa shape index (κ1) is 10.7. The van der Waals surface area contributed by atoms with Gasteiger partial charge in [-0.2, -0.15) is 0 Å². The van der Waals surface area contributed by atoms with Crippen LogP contribution in [-0.4, -0.2) is 47.0 Å². The van der Waals surface area contributed by atoms with Gasteiger partial charge in [0, 0.05) is 32.4 Å². The van der Waals surface area contributed by atoms with Crippen molar-refractivity contribution in [3.63, 3.8) is 0 Å². The summed E-state index contributed by atoms with van der Waals surface area (Å²) >= 11 is 0. The number of likely N-dealkylation sites (tertiary alicyclic amines) is 1. The lowest BCUT2D eigenvalue weighted by atomic mass is 10.0. The Hall–Kier alpha value is -1.49. The topological polar surface area (TPSA) is 58.1 Å². The summed E-state index contributed by atoms with van der Waals surface area (Å²) in [6.45, 7) is 5.65. The van der Waals surface area contributed by atoms with Crippen LogP contribution in [0.2, 0.25) is 0 Å². The SMILES string of the molecule is Cc1cnc(C(=O)N2C[C@H]3CNC[C@H]3C2)cn1. The van der Waals surface area contributed by atoms with Gasteiger partial charge < -0.3 is 10.2 Å². The second-order valence-electron chi connectivity index (χ2n) is 4.93. The van der Waals surface area contributed by atoms with E-state index >= 15 is 0 Å². The third-order valence-corrected chi connectivity index (χ3v) is 3.68. The van der Waals surface area contributed by atoms with Crippen LogP contribution in [0.25, 0.3) is 0 Å². The summed E-state index contributed by atoms with van der Waals surface area (Å²) in [6, 6.07) is 0. The second kappa shape index (κ2) is 4.07. The first-order valence-corrected chi connectivity index (χ1v) is 6.02. The number of hydrogen-bond acceptors (Lipinski definition) is 4. The van der Waals surface area contributed by atoms with Crippen molar-refractivity contribution in [2.75, 3.05) is 26.2 Å². The average molecular weight is 232 g/mol. The van der Waals surface area contributed by atoms with E-state index < -0.39 is 0 Å². The summed E-state index contributed by atoms with van der Waals surface area (Å²) in [5.41, 5.74) is 1.30. The third-order valence-electron chi connectivity index (χ3n) is 3.68. The van der Waals surface area contributed by atoms with Gasteiger partial charge in [-0.1, -0.05) is 0 Å². The number of aromatic nitrogens is 2. The predicted molar refractivity (Wildman–Crippen MR) is 62.5 cm³/mol. The number of nitrogens with one attached hydrogen (secondary N) is 1. The van der Waals surface area contributed by atoms with Crippen molar-refractivity contribution in [2.45, 2.75) is 6.92 Å². The molecule has 0 aliphatic carbocycles. The minimum Gasteiger partial charge on any atom is -0.337 e. The minimum atomic E-state index is 0.0203. The Balaban J connectivity index is 1.73. The summed E-state index contributed by atoms with van der Waals surface area (Å²) in [7, 11) is 0. The number of rotatable bonds is 1. The van der Waals surface area contributed by atoms with Crippen molar-refractivity contribution in [1.29, 1.82) is 0 Å². The molecule has 5 nitrogen and oxygen atoms in total. The van der Waals surface area contributed by atoms with Gasteiger partial charge in [-0.25, -0.2) is 4.98 Å². The van der Waals surface area contributed by atoms with E-state index in [1.54, 1.807) is 12.4 Å². The molecule has 0 aromatic carbocycles. The van der Waals surface area contributed by atoms with Gasteiger partial charge in [0.2, 0.25) is 0 Å². The first-order chi connectivity index (χ1) is 8.24. The molecular formula is C12H16N4O. The van der Waals surface area contributed by atoms with E-state index in [2.05, 4.69) is 15.3 Å². The Morgan fingerprint density at radius 1 is 1.29 bits per heavy atom. The maximum absolute atomic E-state index is 12.2. The van der Waals surface area contributed by atoms with E-state index in [-0.39, 0.29) is 5.91 Å². The Bertz CT molecular complexity index is 419. The first-order valence-electron chi connectivity index (χ1n) is 6.02. The van der Waals surface area contributed by atoms with Crippen LogP contribution in [0, 0.1) is 18.8 Å². The molecule has 0 radical (unpaired) electrons. The lowest BCUT2D eigenvalue weighted by Gasteiger charge is -2.16. The fourth-order valence-electron chi connectivity index (χ4n) is 2.69. The molecule has 2 fully saturated rings. The number of carbonyl (C=O) groups excluding carboxylic acids is 1. The van der Waals surface area contributed by atoms with Crippen molar-refractivity contribution in [1.82, 2.24) is 20.2 Å². The number of hydrogen-bond donors (Lipinski definition) is 1. The molecular weight excluding hydrogens is 216 g/mol. The van der Waals surface area contributed by atoms with Gasteiger partial charge in [0.05, 0.1) is 11.9 Å². The van der Waals surface area contributed by atoms with Crippen LogP contribution in [0.15, 0.2) is 12.4 Å². The molecule has 1 aromatic heterocycles. The van der Waals surface area contributed by atoms with Crippen LogP contribution < -0.4 is 5.32 Å². The normalized spacial score (nSPS) is 27.2. The highest BCUT2D eigenvalue weighted by atomic mass is 16.2. The van der Waals surface area contributed by atoms with Crippen LogP contribution in [0.5, 0.6) is 0 Å². The van der Waals surface area contributed by atoms with Gasteiger partial charge in [-0.3, -0.25) is 9.78 Å². The molecule has 2 aliphatic heterocycles. The maximum atomic E-state index is 12.2. The Morgan fingerprint density at radius 2 is 2.00 bits per heavy atom. The predicted octanol–water partition coefficient (Wildman–Crippen LogP) is 0.0764. The minimum absolute atomic E-state index is 0.0203. The van der Waals surface area contributed by atoms with Crippen LogP contribution in [0.3, 0.4) is 0 Å². The Kier molecular flexibility index (Phi) is 2.55. The van der Waals surface area contributed by atoms with E-state index in [9.17, 15) is 4.79 Å². The lowest BCUT2D eigenvalue weighted by molar-refractivity contribution is 0.0775. The van der Waals surface area contributed by atoms with Gasteiger partial charge >= 0.3 is 0 Å². The van der Waals surface area contributed by atoms with E-state index in [0.29, 0.717) is 17.5 Å². The zero-order valence-electron chi connectivity index (χ0n) is 9.89. The van der Waals surface area contributed by atoms with Crippen LogP contribution in [-0.2, 0) is 0 Å². The second-order valence-corrected chi connectivity index (χ2v) is 4.93. The monoisotopic (exact) mass is 232 g/mol. The fraction of sp³-hybridized carbons (Fsp3) is 0.583. The van der Waals surface area contributed by atoms with Gasteiger partial charge in [0.25, 0.3) is 5.91 Å². The number of nitrogens with zero attached hydrogens (tertiary/aromatic N) is 3. The molecule has 5 heteroatoms. The van der Waals surface area contributed by atoms with Crippen molar-refractivity contribution in [3.8, 4) is 0 Å². The van der Waals surface area contributed by atoms with E-state index in [4.69, 9.17) is 0 Å². The molecule has 0 unspecified atom stereocenters. The molecule has 17 heavy (non-hydrogen) atoms. The Labute approximate surface area is 100 Å². The van der Waals surface area contributed by atoms with E-state index in [1.807, 2.05) is 11.8 Å². The van der Waals surface area contributed by atoms with Crippen LogP contribution >= 0.6 is 0 Å². The quantitative estimate of drug-likeness (QED) is 0.745. The smallest absolute Gasteiger partial charge is 0.274 e. The molecule has 0 saturated carbocycles. The molecule has 1 aromatic rings. The number of fused-ring (bicyclic) bond motifs is 1. The molecule has 0 bridgehead atoms. The van der Waals surface area contributed by atoms with Crippen molar-refractivity contribution >= 4 is 5.91 Å². The highest BCUT2D eigenvalue weighted by Crippen LogP contribution is 2.26. The molecule has 2 saturated heterocycles. The standard InChI is InChI=1S/C12H16N4O/c1-8-2-15-11(5-14-8)12(17)16-6-9-3-13-4-10(9)7-16/h2,5,9-10,13H,3-4,6-7H2,1H3/t9-,10+. The summed E-state index contributed by atoms with van der Waals surface area (Å²) in [4.78, 5) is 22.4. The average Bonchev–Trinajstić information content (AvgIpc) is 2.89. The molecule has 0 spiro atoms. The van der Waals surface area contributed by atoms with Crippen molar-refractivity contribution < 1.29 is 4.79 Å². The molecule has 3 rings (SSSR count). The summed E-state index contributed by atoms with van der Waals surface area (Å²) in [6.07, 6.45) is 3.22. The lowest BCUT2D eigenvalue weighted by Crippen LogP contribution is -2.32. The maximum Gasteiger partial charge on any atom is 0.274 e. The Morgan fingerprint density at radius 3 is 2.59 bits per heavy atom. The van der Waals surface area contributed by atoms with Crippen molar-refractivity contribution in [3.05, 3.63) is 23.8 Å². The highest BCUT2D eigenvalue weighted by molar-refractivity contribution is 5.92. The highest BCUT2D eigenvalue weighted by Gasteiger charge is 2.38. The third kappa shape index (κ3) is 1.91. The zero-order valence-corrected chi connectivity index (χ0v) is 9.89. The van der Waals surface area contributed by atoms with Gasteiger partial charge in [0.15, 0.2) is 0 Å². The number of amides is 1. The molecule has 90 valence electrons. The summed E-state index contributed by atoms with van der Waals surface area (Å²) in [5.74, 6) is 1.27. The van der Waals surface area contributed by atoms with Gasteiger partial charge in [-0.05, 0) is 18.8 Å². The summed E-state index contributed by atoms with van der Waals surface area (Å²) < 4.78 is 0. The molecule has 1 N–H and O–H groups in total. The molecule has 2 aliphatic rings.